The molecule has 0 unspecified atom stereocenters. The summed E-state index contributed by atoms with van der Waals surface area (Å²) in [5.41, 5.74) is 4.44. The molecule has 10 heteroatoms. The van der Waals surface area contributed by atoms with Crippen molar-refractivity contribution in [2.75, 3.05) is 32.8 Å². The maximum absolute atomic E-state index is 13.5. The standard InChI is InChI=1S/C49H65Cl2N2O5.BrH/c1-32-17-22-49(56-31-32)33(2)46-43(58-49)28-42-40-14-9-36-27-39(18-20-47(36,3)41(40)19-21-48(42,46)4)57-45(55)16-15-44(54)52-23-25-53(26-24-52,29-34-5-10-37(50)11-6-34)30-35-7-12-38(51)13-8-35;/h5-13,32-33,39-43,46H,14-31H2,1-4H3;1H/q+1;/p-1/t32-,33+,39+,40-,41+,42+,43+,46+,47+,48+,49-;/m1./s1. The van der Waals surface area contributed by atoms with E-state index >= 15 is 0 Å². The summed E-state index contributed by atoms with van der Waals surface area (Å²) in [5.74, 6) is 3.14. The van der Waals surface area contributed by atoms with E-state index in [1.165, 1.54) is 42.4 Å². The Morgan fingerprint density at radius 2 is 1.53 bits per heavy atom. The van der Waals surface area contributed by atoms with Crippen LogP contribution in [-0.4, -0.2) is 72.0 Å². The number of carbonyl (C=O) groups is 2. The van der Waals surface area contributed by atoms with Crippen LogP contribution < -0.4 is 17.0 Å². The average Bonchev–Trinajstić information content (AvgIpc) is 3.66. The Morgan fingerprint density at radius 3 is 2.15 bits per heavy atom. The number of nitrogens with zero attached hydrogens (tertiary/aromatic N) is 2. The molecule has 7 aliphatic rings. The van der Waals surface area contributed by atoms with Crippen molar-refractivity contribution in [1.82, 2.24) is 4.90 Å². The molecule has 9 rings (SSSR count). The fourth-order valence-corrected chi connectivity index (χ4v) is 14.1. The third-order valence-corrected chi connectivity index (χ3v) is 17.6. The van der Waals surface area contributed by atoms with Gasteiger partial charge in [-0.2, -0.15) is 0 Å². The van der Waals surface area contributed by atoms with Gasteiger partial charge in [-0.25, -0.2) is 0 Å². The van der Waals surface area contributed by atoms with Gasteiger partial charge in [-0.3, -0.25) is 9.59 Å². The molecule has 3 saturated heterocycles. The zero-order chi connectivity index (χ0) is 40.5. The minimum absolute atomic E-state index is 0. The normalized spacial score (nSPS) is 38.3. The Morgan fingerprint density at radius 1 is 0.864 bits per heavy atom. The van der Waals surface area contributed by atoms with E-state index < -0.39 is 0 Å². The molecule has 0 aromatic heterocycles. The van der Waals surface area contributed by atoms with Crippen molar-refractivity contribution in [3.05, 3.63) is 81.4 Å². The number of hydrogen-bond acceptors (Lipinski definition) is 5. The number of halogens is 3. The molecular formula is C49H65BrCl2N2O5. The lowest BCUT2D eigenvalue weighted by Gasteiger charge is -2.58. The van der Waals surface area contributed by atoms with Gasteiger partial charge in [-0.1, -0.05) is 86.8 Å². The Hall–Kier alpha value is -1.94. The minimum Gasteiger partial charge on any atom is -1.00 e. The van der Waals surface area contributed by atoms with Crippen LogP contribution in [0.3, 0.4) is 0 Å². The highest BCUT2D eigenvalue weighted by atomic mass is 79.9. The third kappa shape index (κ3) is 8.23. The molecule has 2 aromatic carbocycles. The van der Waals surface area contributed by atoms with Crippen molar-refractivity contribution >= 4 is 35.1 Å². The average molecular weight is 913 g/mol. The summed E-state index contributed by atoms with van der Waals surface area (Å²) < 4.78 is 20.5. The zero-order valence-corrected chi connectivity index (χ0v) is 38.7. The van der Waals surface area contributed by atoms with Crippen LogP contribution in [0.25, 0.3) is 0 Å². The van der Waals surface area contributed by atoms with E-state index in [1.807, 2.05) is 29.2 Å². The maximum atomic E-state index is 13.5. The van der Waals surface area contributed by atoms with Crippen molar-refractivity contribution in [1.29, 1.82) is 0 Å². The summed E-state index contributed by atoms with van der Waals surface area (Å²) in [6.07, 6.45) is 13.0. The monoisotopic (exact) mass is 910 g/mol. The molecule has 3 aliphatic heterocycles. The van der Waals surface area contributed by atoms with Crippen LogP contribution in [0.4, 0.5) is 0 Å². The molecule has 0 radical (unpaired) electrons. The number of ether oxygens (including phenoxy) is 3. The Kier molecular flexibility index (Phi) is 12.6. The summed E-state index contributed by atoms with van der Waals surface area (Å²) in [6, 6.07) is 16.2. The van der Waals surface area contributed by atoms with Crippen LogP contribution in [0.2, 0.25) is 10.0 Å². The third-order valence-electron chi connectivity index (χ3n) is 17.1. The largest absolute Gasteiger partial charge is 1.00 e. The Balaban J connectivity index is 0.00000484. The van der Waals surface area contributed by atoms with Gasteiger partial charge >= 0.3 is 5.97 Å². The lowest BCUT2D eigenvalue weighted by Crippen LogP contribution is -3.00. The molecule has 1 amide bonds. The van der Waals surface area contributed by atoms with Gasteiger partial charge in [0.25, 0.3) is 0 Å². The first kappa shape index (κ1) is 43.7. The van der Waals surface area contributed by atoms with E-state index in [2.05, 4.69) is 58.0 Å². The summed E-state index contributed by atoms with van der Waals surface area (Å²) in [6.45, 7) is 15.4. The second-order valence-corrected chi connectivity index (χ2v) is 21.2. The number of quaternary nitrogens is 1. The Labute approximate surface area is 373 Å². The van der Waals surface area contributed by atoms with E-state index in [-0.39, 0.29) is 59.0 Å². The zero-order valence-electron chi connectivity index (χ0n) is 35.6. The van der Waals surface area contributed by atoms with Gasteiger partial charge in [0.05, 0.1) is 45.3 Å². The molecule has 6 fully saturated rings. The quantitative estimate of drug-likeness (QED) is 0.157. The van der Waals surface area contributed by atoms with Crippen molar-refractivity contribution in [2.45, 2.75) is 129 Å². The summed E-state index contributed by atoms with van der Waals surface area (Å²) in [5, 5.41) is 1.46. The summed E-state index contributed by atoms with van der Waals surface area (Å²) >= 11 is 12.4. The molecule has 11 atom stereocenters. The molecule has 322 valence electrons. The van der Waals surface area contributed by atoms with Crippen LogP contribution in [-0.2, 0) is 36.9 Å². The predicted octanol–water partition coefficient (Wildman–Crippen LogP) is 7.42. The van der Waals surface area contributed by atoms with Gasteiger partial charge < -0.3 is 40.6 Å². The van der Waals surface area contributed by atoms with Gasteiger partial charge in [0.1, 0.15) is 19.2 Å². The van der Waals surface area contributed by atoms with Crippen molar-refractivity contribution in [3.8, 4) is 0 Å². The van der Waals surface area contributed by atoms with E-state index in [4.69, 9.17) is 37.4 Å². The van der Waals surface area contributed by atoms with Crippen molar-refractivity contribution in [3.63, 3.8) is 0 Å². The van der Waals surface area contributed by atoms with Gasteiger partial charge in [0.2, 0.25) is 5.91 Å². The van der Waals surface area contributed by atoms with Crippen LogP contribution >= 0.6 is 23.2 Å². The number of fused-ring (bicyclic) bond motifs is 7. The van der Waals surface area contributed by atoms with E-state index in [0.29, 0.717) is 60.1 Å². The summed E-state index contributed by atoms with van der Waals surface area (Å²) in [7, 11) is 0. The fourth-order valence-electron chi connectivity index (χ4n) is 13.8. The first-order valence-electron chi connectivity index (χ1n) is 22.6. The molecule has 3 heterocycles. The molecule has 1 spiro atoms. The summed E-state index contributed by atoms with van der Waals surface area (Å²) in [4.78, 5) is 28.7. The fraction of sp³-hybridized carbons (Fsp3) is 0.673. The number of allylic oxidation sites excluding steroid dienone is 1. The number of hydrogen-bond donors (Lipinski definition) is 0. The van der Waals surface area contributed by atoms with E-state index in [9.17, 15) is 9.59 Å². The first-order chi connectivity index (χ1) is 27.8. The van der Waals surface area contributed by atoms with E-state index in [0.717, 1.165) is 79.4 Å². The number of carbonyl (C=O) groups excluding carboxylic acids is 2. The topological polar surface area (TPSA) is 65.1 Å². The number of rotatable bonds is 8. The van der Waals surface area contributed by atoms with E-state index in [1.54, 1.807) is 0 Å². The molecule has 4 aliphatic carbocycles. The lowest BCUT2D eigenvalue weighted by molar-refractivity contribution is -0.956. The number of piperazine rings is 1. The highest BCUT2D eigenvalue weighted by Gasteiger charge is 2.68. The molecule has 0 bridgehead atoms. The molecule has 59 heavy (non-hydrogen) atoms. The molecule has 3 saturated carbocycles. The smallest absolute Gasteiger partial charge is 0.306 e. The molecule has 2 aromatic rings. The highest BCUT2D eigenvalue weighted by molar-refractivity contribution is 6.30. The highest BCUT2D eigenvalue weighted by Crippen LogP contribution is 2.70. The van der Waals surface area contributed by atoms with Gasteiger partial charge in [-0.15, -0.1) is 0 Å². The molecular weight excluding hydrogens is 847 g/mol. The minimum atomic E-state index is -0.362. The molecule has 0 N–H and O–H groups in total. The second-order valence-electron chi connectivity index (χ2n) is 20.4. The first-order valence-corrected chi connectivity index (χ1v) is 23.4. The lowest BCUT2D eigenvalue weighted by atomic mass is 9.47. The van der Waals surface area contributed by atoms with Crippen molar-refractivity contribution < 1.29 is 45.3 Å². The van der Waals surface area contributed by atoms with Crippen LogP contribution in [0, 0.1) is 46.3 Å². The SMILES string of the molecule is C[C@@H]1CC[C@@]2(OC1)O[C@H]1C[C@H]3[C@@H]4CC=C5C[C@@H](OC(=O)CCC(=O)N6CC[N+](Cc7ccc(Cl)cc7)(Cc7ccc(Cl)cc7)CC6)CC[C@]5(C)[C@H]4CC[C@]3(C)[C@H]1[C@@H]2C.[Br-]. The van der Waals surface area contributed by atoms with Crippen LogP contribution in [0.5, 0.6) is 0 Å². The van der Waals surface area contributed by atoms with Crippen LogP contribution in [0.15, 0.2) is 60.2 Å². The number of amides is 1. The maximum Gasteiger partial charge on any atom is 0.306 e. The van der Waals surface area contributed by atoms with Crippen molar-refractivity contribution in [2.24, 2.45) is 46.3 Å². The van der Waals surface area contributed by atoms with Gasteiger partial charge in [0.15, 0.2) is 5.79 Å². The van der Waals surface area contributed by atoms with Gasteiger partial charge in [0, 0.05) is 46.4 Å². The number of benzene rings is 2. The Bertz CT molecular complexity index is 1830. The van der Waals surface area contributed by atoms with Gasteiger partial charge in [-0.05, 0) is 110 Å². The predicted molar refractivity (Wildman–Crippen MR) is 228 cm³/mol. The van der Waals surface area contributed by atoms with Crippen LogP contribution in [0.1, 0.15) is 109 Å². The second kappa shape index (κ2) is 17.0. The number of esters is 1. The molecule has 7 nitrogen and oxygen atoms in total.